The average molecular weight is 374 g/mol. The molecule has 0 atom stereocenters. The molecule has 1 saturated heterocycles. The molecule has 0 radical (unpaired) electrons. The van der Waals surface area contributed by atoms with E-state index in [-0.39, 0.29) is 5.82 Å². The zero-order valence-electron chi connectivity index (χ0n) is 17.2. The van der Waals surface area contributed by atoms with Gasteiger partial charge in [0.05, 0.1) is 0 Å². The lowest BCUT2D eigenvalue weighted by Gasteiger charge is -2.33. The van der Waals surface area contributed by atoms with E-state index in [0.717, 1.165) is 51.2 Å². The molecule has 0 N–H and O–H groups in total. The molecule has 1 aromatic heterocycles. The van der Waals surface area contributed by atoms with Gasteiger partial charge < -0.3 is 9.47 Å². The smallest absolute Gasteiger partial charge is 0.123 e. The van der Waals surface area contributed by atoms with Crippen molar-refractivity contribution >= 4 is 10.9 Å². The normalized spacial score (nSPS) is 16.4. The largest absolute Gasteiger partial charge is 0.347 e. The van der Waals surface area contributed by atoms with E-state index in [1.807, 2.05) is 6.07 Å². The van der Waals surface area contributed by atoms with Crippen LogP contribution in [0.3, 0.4) is 0 Å². The van der Waals surface area contributed by atoms with E-state index in [4.69, 9.17) is 0 Å². The van der Waals surface area contributed by atoms with Crippen molar-refractivity contribution < 1.29 is 4.39 Å². The van der Waals surface area contributed by atoms with Crippen LogP contribution >= 0.6 is 0 Å². The number of rotatable bonds is 10. The first-order valence-electron chi connectivity index (χ1n) is 10.9. The minimum Gasteiger partial charge on any atom is -0.347 e. The summed E-state index contributed by atoms with van der Waals surface area (Å²) in [6.07, 6.45) is 10.1. The van der Waals surface area contributed by atoms with Crippen molar-refractivity contribution in [3.63, 3.8) is 0 Å². The number of hydrogen-bond acceptors (Lipinski definition) is 2. The van der Waals surface area contributed by atoms with Gasteiger partial charge in [-0.05, 0) is 36.7 Å². The summed E-state index contributed by atoms with van der Waals surface area (Å²) >= 11 is 0. The van der Waals surface area contributed by atoms with Crippen molar-refractivity contribution in [3.8, 4) is 0 Å². The van der Waals surface area contributed by atoms with Crippen LogP contribution in [0.1, 0.15) is 57.9 Å². The minimum absolute atomic E-state index is 0.128. The summed E-state index contributed by atoms with van der Waals surface area (Å²) < 4.78 is 16.3. The minimum atomic E-state index is -0.128. The second-order valence-corrected chi connectivity index (χ2v) is 7.99. The Morgan fingerprint density at radius 2 is 1.59 bits per heavy atom. The predicted octanol–water partition coefficient (Wildman–Crippen LogP) is 5.28. The fourth-order valence-corrected chi connectivity index (χ4v) is 4.22. The van der Waals surface area contributed by atoms with Crippen molar-refractivity contribution in [2.45, 2.75) is 65.5 Å². The van der Waals surface area contributed by atoms with E-state index in [1.165, 1.54) is 49.6 Å². The second-order valence-electron chi connectivity index (χ2n) is 7.99. The second kappa shape index (κ2) is 10.2. The van der Waals surface area contributed by atoms with Gasteiger partial charge in [0.2, 0.25) is 0 Å². The highest BCUT2D eigenvalue weighted by molar-refractivity contribution is 5.84. The van der Waals surface area contributed by atoms with E-state index in [0.29, 0.717) is 0 Å². The zero-order chi connectivity index (χ0) is 19.1. The number of hydrogen-bond donors (Lipinski definition) is 0. The Bertz CT molecular complexity index is 701. The first kappa shape index (κ1) is 20.3. The van der Waals surface area contributed by atoms with Gasteiger partial charge >= 0.3 is 0 Å². The van der Waals surface area contributed by atoms with Crippen LogP contribution in [0, 0.1) is 5.82 Å². The van der Waals surface area contributed by atoms with E-state index in [9.17, 15) is 4.39 Å². The van der Waals surface area contributed by atoms with Crippen LogP contribution in [0.4, 0.5) is 4.39 Å². The maximum Gasteiger partial charge on any atom is 0.123 e. The predicted molar refractivity (Wildman–Crippen MR) is 113 cm³/mol. The number of unbranched alkanes of at least 4 members (excludes halogenated alkanes) is 5. The van der Waals surface area contributed by atoms with Crippen LogP contribution in [0.5, 0.6) is 0 Å². The lowest BCUT2D eigenvalue weighted by Crippen LogP contribution is -2.45. The maximum absolute atomic E-state index is 13.9. The molecule has 1 aliphatic rings. The standard InChI is InChI=1S/C23H36FN3/c1-3-5-6-7-8-9-12-27-19-20(22-17-21(24)10-11-23(22)27)18-26-15-13-25(4-2)14-16-26/h10-11,17,19H,3-9,12-16,18H2,1-2H3. The number of aryl methyl sites for hydroxylation is 1. The first-order chi connectivity index (χ1) is 13.2. The van der Waals surface area contributed by atoms with E-state index >= 15 is 0 Å². The van der Waals surface area contributed by atoms with Crippen LogP contribution in [-0.4, -0.2) is 47.1 Å². The van der Waals surface area contributed by atoms with Crippen molar-refractivity contribution in [2.24, 2.45) is 0 Å². The Labute approximate surface area is 164 Å². The fraction of sp³-hybridized carbons (Fsp3) is 0.652. The van der Waals surface area contributed by atoms with E-state index < -0.39 is 0 Å². The molecular weight excluding hydrogens is 337 g/mol. The maximum atomic E-state index is 13.9. The van der Waals surface area contributed by atoms with Crippen LogP contribution in [0.2, 0.25) is 0 Å². The third-order valence-corrected chi connectivity index (χ3v) is 5.98. The highest BCUT2D eigenvalue weighted by atomic mass is 19.1. The van der Waals surface area contributed by atoms with E-state index in [1.54, 1.807) is 12.1 Å². The van der Waals surface area contributed by atoms with Gasteiger partial charge in [-0.25, -0.2) is 4.39 Å². The van der Waals surface area contributed by atoms with Crippen LogP contribution < -0.4 is 0 Å². The Morgan fingerprint density at radius 3 is 2.33 bits per heavy atom. The highest BCUT2D eigenvalue weighted by Gasteiger charge is 2.18. The molecule has 4 heteroatoms. The van der Waals surface area contributed by atoms with Gasteiger partial charge in [-0.2, -0.15) is 0 Å². The summed E-state index contributed by atoms with van der Waals surface area (Å²) in [6, 6.07) is 5.29. The van der Waals surface area contributed by atoms with Crippen molar-refractivity contribution in [1.29, 1.82) is 0 Å². The molecule has 0 saturated carbocycles. The summed E-state index contributed by atoms with van der Waals surface area (Å²) in [4.78, 5) is 5.01. The Balaban J connectivity index is 1.65. The van der Waals surface area contributed by atoms with Gasteiger partial charge in [0.15, 0.2) is 0 Å². The molecule has 0 spiro atoms. The van der Waals surface area contributed by atoms with E-state index in [2.05, 4.69) is 34.4 Å². The number of halogens is 1. The van der Waals surface area contributed by atoms with Gasteiger partial charge in [-0.15, -0.1) is 0 Å². The Kier molecular flexibility index (Phi) is 7.71. The molecule has 3 rings (SSSR count). The summed E-state index contributed by atoms with van der Waals surface area (Å²) in [5.41, 5.74) is 2.47. The molecule has 1 fully saturated rings. The SMILES string of the molecule is CCCCCCCCn1cc(CN2CCN(CC)CC2)c2cc(F)ccc21. The Hall–Kier alpha value is -1.39. The van der Waals surface area contributed by atoms with Gasteiger partial charge in [0.25, 0.3) is 0 Å². The highest BCUT2D eigenvalue weighted by Crippen LogP contribution is 2.25. The van der Waals surface area contributed by atoms with Gasteiger partial charge in [0, 0.05) is 56.4 Å². The molecule has 2 heterocycles. The molecular formula is C23H36FN3. The molecule has 150 valence electrons. The molecule has 27 heavy (non-hydrogen) atoms. The third-order valence-electron chi connectivity index (χ3n) is 5.98. The molecule has 1 aromatic carbocycles. The lowest BCUT2D eigenvalue weighted by molar-refractivity contribution is 0.132. The Morgan fingerprint density at radius 1 is 0.889 bits per heavy atom. The molecule has 0 bridgehead atoms. The number of nitrogens with zero attached hydrogens (tertiary/aromatic N) is 3. The van der Waals surface area contributed by atoms with Crippen molar-refractivity contribution in [1.82, 2.24) is 14.4 Å². The molecule has 0 aliphatic carbocycles. The molecule has 1 aliphatic heterocycles. The number of aromatic nitrogens is 1. The first-order valence-corrected chi connectivity index (χ1v) is 10.9. The third kappa shape index (κ3) is 5.55. The summed E-state index contributed by atoms with van der Waals surface area (Å²) in [5.74, 6) is -0.128. The quantitative estimate of drug-likeness (QED) is 0.525. The molecule has 0 unspecified atom stereocenters. The zero-order valence-corrected chi connectivity index (χ0v) is 17.2. The van der Waals surface area contributed by atoms with Crippen LogP contribution in [-0.2, 0) is 13.1 Å². The summed E-state index contributed by atoms with van der Waals surface area (Å²) in [6.45, 7) is 12.1. The van der Waals surface area contributed by atoms with Gasteiger partial charge in [-0.3, -0.25) is 4.90 Å². The van der Waals surface area contributed by atoms with Crippen molar-refractivity contribution in [3.05, 3.63) is 35.8 Å². The fourth-order valence-electron chi connectivity index (χ4n) is 4.22. The number of benzene rings is 1. The van der Waals surface area contributed by atoms with Crippen molar-refractivity contribution in [2.75, 3.05) is 32.7 Å². The van der Waals surface area contributed by atoms with Gasteiger partial charge in [-0.1, -0.05) is 46.0 Å². The summed E-state index contributed by atoms with van der Waals surface area (Å²) in [7, 11) is 0. The lowest BCUT2D eigenvalue weighted by atomic mass is 10.1. The topological polar surface area (TPSA) is 11.4 Å². The molecule has 2 aromatic rings. The number of fused-ring (bicyclic) bond motifs is 1. The molecule has 3 nitrogen and oxygen atoms in total. The van der Waals surface area contributed by atoms with Crippen LogP contribution in [0.15, 0.2) is 24.4 Å². The van der Waals surface area contributed by atoms with Gasteiger partial charge in [0.1, 0.15) is 5.82 Å². The average Bonchev–Trinajstić information content (AvgIpc) is 3.02. The molecule has 0 amide bonds. The van der Waals surface area contributed by atoms with Crippen LogP contribution in [0.25, 0.3) is 10.9 Å². The number of piperazine rings is 1. The monoisotopic (exact) mass is 373 g/mol. The summed E-state index contributed by atoms with van der Waals surface area (Å²) in [5, 5.41) is 1.10. The number of likely N-dealkylation sites (N-methyl/N-ethyl adjacent to an activating group) is 1.